The smallest absolute Gasteiger partial charge is 0.417 e. The molecule has 0 spiro atoms. The third-order valence-corrected chi connectivity index (χ3v) is 4.48. The van der Waals surface area contributed by atoms with Crippen LogP contribution in [0.15, 0.2) is 54.7 Å². The van der Waals surface area contributed by atoms with E-state index in [2.05, 4.69) is 15.6 Å². The van der Waals surface area contributed by atoms with Crippen LogP contribution in [0, 0.1) is 5.82 Å². The zero-order valence-corrected chi connectivity index (χ0v) is 17.0. The van der Waals surface area contributed by atoms with Gasteiger partial charge >= 0.3 is 6.18 Å². The summed E-state index contributed by atoms with van der Waals surface area (Å²) in [5, 5.41) is 4.05. The molecule has 0 aliphatic heterocycles. The Kier molecular flexibility index (Phi) is 6.64. The minimum atomic E-state index is -4.75. The molecule has 0 atom stereocenters. The third-order valence-electron chi connectivity index (χ3n) is 4.15. The first-order valence-corrected chi connectivity index (χ1v) is 9.30. The maximum atomic E-state index is 14.5. The van der Waals surface area contributed by atoms with Crippen LogP contribution in [0.25, 0.3) is 0 Å². The lowest BCUT2D eigenvalue weighted by Gasteiger charge is -2.12. The highest BCUT2D eigenvalue weighted by atomic mass is 35.5. The van der Waals surface area contributed by atoms with Crippen molar-refractivity contribution in [2.45, 2.75) is 6.18 Å². The van der Waals surface area contributed by atoms with E-state index in [9.17, 15) is 27.2 Å². The number of pyridine rings is 1. The number of benzene rings is 2. The van der Waals surface area contributed by atoms with Crippen molar-refractivity contribution in [3.63, 3.8) is 0 Å². The lowest BCUT2D eigenvalue weighted by molar-refractivity contribution is -0.137. The van der Waals surface area contributed by atoms with E-state index < -0.39 is 34.4 Å². The standard InChI is InChI=1S/C21H14ClF4N3O3/c1-27-20(31)18-10-13(6-7-28-18)32-12-3-5-17(16(23)9-12)29-19(30)11-2-4-15(22)14(8-11)21(24,25)26/h2-10H,1H3,(H,27,31)(H,29,30). The number of hydrogen-bond donors (Lipinski definition) is 2. The molecule has 3 rings (SSSR count). The maximum absolute atomic E-state index is 14.5. The molecule has 0 aliphatic carbocycles. The number of rotatable bonds is 5. The van der Waals surface area contributed by atoms with Crippen molar-refractivity contribution in [3.05, 3.63) is 82.4 Å². The maximum Gasteiger partial charge on any atom is 0.417 e. The number of nitrogens with zero attached hydrogens (tertiary/aromatic N) is 1. The fourth-order valence-electron chi connectivity index (χ4n) is 2.60. The van der Waals surface area contributed by atoms with Gasteiger partial charge in [-0.3, -0.25) is 14.6 Å². The minimum absolute atomic E-state index is 0.0559. The molecule has 32 heavy (non-hydrogen) atoms. The van der Waals surface area contributed by atoms with Crippen molar-refractivity contribution >= 4 is 29.1 Å². The lowest BCUT2D eigenvalue weighted by Crippen LogP contribution is -2.18. The van der Waals surface area contributed by atoms with Gasteiger partial charge in [-0.1, -0.05) is 11.6 Å². The van der Waals surface area contributed by atoms with Crippen molar-refractivity contribution in [1.82, 2.24) is 10.3 Å². The van der Waals surface area contributed by atoms with Crippen LogP contribution in [0.2, 0.25) is 5.02 Å². The van der Waals surface area contributed by atoms with E-state index in [0.717, 1.165) is 18.2 Å². The van der Waals surface area contributed by atoms with Crippen LogP contribution < -0.4 is 15.4 Å². The average Bonchev–Trinajstić information content (AvgIpc) is 2.74. The molecule has 0 saturated carbocycles. The molecule has 0 saturated heterocycles. The molecule has 0 bridgehead atoms. The Labute approximate surface area is 184 Å². The summed E-state index contributed by atoms with van der Waals surface area (Å²) in [6, 6.07) is 8.92. The molecule has 166 valence electrons. The first-order valence-electron chi connectivity index (χ1n) is 8.92. The van der Waals surface area contributed by atoms with Crippen molar-refractivity contribution in [2.24, 2.45) is 0 Å². The van der Waals surface area contributed by atoms with Gasteiger partial charge in [0.2, 0.25) is 0 Å². The van der Waals surface area contributed by atoms with Gasteiger partial charge in [0, 0.05) is 30.9 Å². The molecular formula is C21H14ClF4N3O3. The highest BCUT2D eigenvalue weighted by Gasteiger charge is 2.33. The Bertz CT molecular complexity index is 1190. The van der Waals surface area contributed by atoms with Gasteiger partial charge < -0.3 is 15.4 Å². The van der Waals surface area contributed by atoms with Gasteiger partial charge in [0.1, 0.15) is 23.0 Å². The summed E-state index contributed by atoms with van der Waals surface area (Å²) in [6.07, 6.45) is -3.41. The number of hydrogen-bond acceptors (Lipinski definition) is 4. The molecule has 0 aliphatic rings. The zero-order valence-electron chi connectivity index (χ0n) is 16.3. The second kappa shape index (κ2) is 9.23. The number of ether oxygens (including phenoxy) is 1. The van der Waals surface area contributed by atoms with E-state index in [4.69, 9.17) is 16.3 Å². The quantitative estimate of drug-likeness (QED) is 0.499. The summed E-state index contributed by atoms with van der Waals surface area (Å²) in [5.41, 5.74) is -1.70. The zero-order chi connectivity index (χ0) is 23.5. The Morgan fingerprint density at radius 2 is 1.72 bits per heavy atom. The van der Waals surface area contributed by atoms with E-state index in [-0.39, 0.29) is 28.4 Å². The number of alkyl halides is 3. The predicted molar refractivity (Wildman–Crippen MR) is 109 cm³/mol. The summed E-state index contributed by atoms with van der Waals surface area (Å²) in [5.74, 6) is -2.00. The fourth-order valence-corrected chi connectivity index (χ4v) is 2.83. The number of nitrogens with one attached hydrogen (secondary N) is 2. The molecule has 2 aromatic carbocycles. The SMILES string of the molecule is CNC(=O)c1cc(Oc2ccc(NC(=O)c3ccc(Cl)c(C(F)(F)F)c3)c(F)c2)ccn1. The van der Waals surface area contributed by atoms with Crippen molar-refractivity contribution < 1.29 is 31.9 Å². The number of aromatic nitrogens is 1. The molecule has 1 heterocycles. The second-order valence-corrected chi connectivity index (χ2v) is 6.75. The van der Waals surface area contributed by atoms with Crippen molar-refractivity contribution in [1.29, 1.82) is 0 Å². The number of carbonyl (C=O) groups excluding carboxylic acids is 2. The van der Waals surface area contributed by atoms with E-state index in [1.165, 1.54) is 37.5 Å². The Morgan fingerprint density at radius 1 is 1.00 bits per heavy atom. The van der Waals surface area contributed by atoms with Crippen LogP contribution in [0.3, 0.4) is 0 Å². The summed E-state index contributed by atoms with van der Waals surface area (Å²) in [4.78, 5) is 27.8. The van der Waals surface area contributed by atoms with Gasteiger partial charge in [0.25, 0.3) is 11.8 Å². The topological polar surface area (TPSA) is 80.3 Å². The normalized spacial score (nSPS) is 11.1. The number of carbonyl (C=O) groups is 2. The Hall–Kier alpha value is -3.66. The van der Waals surface area contributed by atoms with Crippen LogP contribution in [-0.4, -0.2) is 23.8 Å². The number of anilines is 1. The highest BCUT2D eigenvalue weighted by Crippen LogP contribution is 2.35. The van der Waals surface area contributed by atoms with E-state index in [1.54, 1.807) is 0 Å². The Morgan fingerprint density at radius 3 is 2.38 bits per heavy atom. The molecule has 6 nitrogen and oxygen atoms in total. The molecule has 0 radical (unpaired) electrons. The summed E-state index contributed by atoms with van der Waals surface area (Å²) in [7, 11) is 1.44. The van der Waals surface area contributed by atoms with Crippen LogP contribution in [0.4, 0.5) is 23.2 Å². The van der Waals surface area contributed by atoms with Crippen LogP contribution in [0.5, 0.6) is 11.5 Å². The fraction of sp³-hybridized carbons (Fsp3) is 0.0952. The largest absolute Gasteiger partial charge is 0.457 e. The average molecular weight is 468 g/mol. The summed E-state index contributed by atoms with van der Waals surface area (Å²) in [6.45, 7) is 0. The van der Waals surface area contributed by atoms with Crippen LogP contribution in [-0.2, 0) is 6.18 Å². The molecule has 0 fully saturated rings. The highest BCUT2D eigenvalue weighted by molar-refractivity contribution is 6.31. The predicted octanol–water partition coefficient (Wildman–Crippen LogP) is 5.30. The van der Waals surface area contributed by atoms with Crippen molar-refractivity contribution in [3.8, 4) is 11.5 Å². The molecule has 2 amide bonds. The molecular weight excluding hydrogens is 454 g/mol. The van der Waals surface area contributed by atoms with E-state index in [0.29, 0.717) is 6.07 Å². The second-order valence-electron chi connectivity index (χ2n) is 6.35. The first-order chi connectivity index (χ1) is 15.1. The van der Waals surface area contributed by atoms with E-state index in [1.807, 2.05) is 0 Å². The van der Waals surface area contributed by atoms with Gasteiger partial charge in [-0.15, -0.1) is 0 Å². The molecule has 2 N–H and O–H groups in total. The van der Waals surface area contributed by atoms with Crippen LogP contribution in [0.1, 0.15) is 26.4 Å². The monoisotopic (exact) mass is 467 g/mol. The van der Waals surface area contributed by atoms with Crippen molar-refractivity contribution in [2.75, 3.05) is 12.4 Å². The number of halogens is 5. The molecule has 11 heteroatoms. The van der Waals surface area contributed by atoms with Gasteiger partial charge in [0.05, 0.1) is 16.3 Å². The van der Waals surface area contributed by atoms with E-state index >= 15 is 0 Å². The molecule has 1 aromatic heterocycles. The van der Waals surface area contributed by atoms with Gasteiger partial charge in [0.15, 0.2) is 0 Å². The third kappa shape index (κ3) is 5.33. The van der Waals surface area contributed by atoms with Gasteiger partial charge in [-0.2, -0.15) is 13.2 Å². The Balaban J connectivity index is 1.76. The van der Waals surface area contributed by atoms with Crippen LogP contribution >= 0.6 is 11.6 Å². The summed E-state index contributed by atoms with van der Waals surface area (Å²) < 4.78 is 58.9. The van der Waals surface area contributed by atoms with Gasteiger partial charge in [-0.05, 0) is 36.4 Å². The summed E-state index contributed by atoms with van der Waals surface area (Å²) >= 11 is 5.54. The molecule has 0 unspecified atom stereocenters. The van der Waals surface area contributed by atoms with Gasteiger partial charge in [-0.25, -0.2) is 4.39 Å². The first kappa shape index (κ1) is 23.0. The molecule has 3 aromatic rings. The number of amides is 2. The minimum Gasteiger partial charge on any atom is -0.457 e. The lowest BCUT2D eigenvalue weighted by atomic mass is 10.1.